The summed E-state index contributed by atoms with van der Waals surface area (Å²) in [4.78, 5) is 36.6. The predicted octanol–water partition coefficient (Wildman–Crippen LogP) is 3.34. The maximum atomic E-state index is 12.5. The first-order valence-electron chi connectivity index (χ1n) is 9.36. The van der Waals surface area contributed by atoms with Gasteiger partial charge in [-0.05, 0) is 49.1 Å². The van der Waals surface area contributed by atoms with Crippen molar-refractivity contribution in [2.75, 3.05) is 23.3 Å². The van der Waals surface area contributed by atoms with Crippen molar-refractivity contribution in [3.63, 3.8) is 0 Å². The Morgan fingerprint density at radius 3 is 2.55 bits per heavy atom. The molecular formula is C21H22N4O4. The highest BCUT2D eigenvalue weighted by atomic mass is 16.6. The number of nitro benzene ring substituents is 1. The lowest BCUT2D eigenvalue weighted by Gasteiger charge is -2.30. The van der Waals surface area contributed by atoms with E-state index in [1.807, 2.05) is 0 Å². The molecule has 8 heteroatoms. The molecule has 1 aliphatic rings. The number of nitro groups is 1. The van der Waals surface area contributed by atoms with E-state index >= 15 is 0 Å². The van der Waals surface area contributed by atoms with E-state index in [0.717, 1.165) is 31.6 Å². The van der Waals surface area contributed by atoms with Crippen LogP contribution in [0.2, 0.25) is 0 Å². The summed E-state index contributed by atoms with van der Waals surface area (Å²) in [6, 6.07) is 11.0. The van der Waals surface area contributed by atoms with Gasteiger partial charge in [0.05, 0.1) is 16.3 Å². The van der Waals surface area contributed by atoms with Crippen molar-refractivity contribution < 1.29 is 14.5 Å². The number of carbonyl (C=O) groups excluding carboxylic acids is 2. The molecule has 29 heavy (non-hydrogen) atoms. The van der Waals surface area contributed by atoms with Crippen LogP contribution in [0.25, 0.3) is 6.08 Å². The van der Waals surface area contributed by atoms with Crippen molar-refractivity contribution in [2.45, 2.75) is 19.3 Å². The number of hydrogen-bond acceptors (Lipinski definition) is 5. The molecule has 2 aromatic carbocycles. The SMILES string of the molecule is NC(=O)c1ccc(N2CCCCC2)c(NC(=O)C=Cc2cccc([N+](=O)[O-])c2)c1. The largest absolute Gasteiger partial charge is 0.370 e. The Morgan fingerprint density at radius 2 is 1.86 bits per heavy atom. The van der Waals surface area contributed by atoms with Crippen LogP contribution in [0.5, 0.6) is 0 Å². The topological polar surface area (TPSA) is 119 Å². The molecule has 1 aliphatic heterocycles. The van der Waals surface area contributed by atoms with Crippen LogP contribution < -0.4 is 16.0 Å². The van der Waals surface area contributed by atoms with E-state index in [1.54, 1.807) is 30.3 Å². The van der Waals surface area contributed by atoms with Crippen molar-refractivity contribution in [1.29, 1.82) is 0 Å². The van der Waals surface area contributed by atoms with Gasteiger partial charge in [-0.1, -0.05) is 12.1 Å². The van der Waals surface area contributed by atoms with Crippen molar-refractivity contribution in [3.8, 4) is 0 Å². The summed E-state index contributed by atoms with van der Waals surface area (Å²) in [6.07, 6.45) is 6.11. The summed E-state index contributed by atoms with van der Waals surface area (Å²) in [5.41, 5.74) is 7.53. The van der Waals surface area contributed by atoms with Gasteiger partial charge in [-0.15, -0.1) is 0 Å². The Bertz CT molecular complexity index is 965. The molecule has 8 nitrogen and oxygen atoms in total. The number of primary amides is 1. The van der Waals surface area contributed by atoms with Crippen LogP contribution in [0.1, 0.15) is 35.2 Å². The fourth-order valence-corrected chi connectivity index (χ4v) is 3.29. The first kappa shape index (κ1) is 20.1. The quantitative estimate of drug-likeness (QED) is 0.442. The molecule has 0 spiro atoms. The van der Waals surface area contributed by atoms with Gasteiger partial charge >= 0.3 is 0 Å². The second-order valence-electron chi connectivity index (χ2n) is 6.82. The number of anilines is 2. The van der Waals surface area contributed by atoms with Crippen molar-refractivity contribution in [3.05, 3.63) is 69.8 Å². The van der Waals surface area contributed by atoms with Crippen LogP contribution in [0.3, 0.4) is 0 Å². The number of carbonyl (C=O) groups is 2. The molecule has 0 aliphatic carbocycles. The Hall–Kier alpha value is -3.68. The summed E-state index contributed by atoms with van der Waals surface area (Å²) < 4.78 is 0. The highest BCUT2D eigenvalue weighted by Gasteiger charge is 2.17. The monoisotopic (exact) mass is 394 g/mol. The number of nitrogens with zero attached hydrogens (tertiary/aromatic N) is 2. The van der Waals surface area contributed by atoms with Crippen LogP contribution in [-0.4, -0.2) is 29.8 Å². The number of benzene rings is 2. The highest BCUT2D eigenvalue weighted by molar-refractivity contribution is 6.05. The Balaban J connectivity index is 1.81. The van der Waals surface area contributed by atoms with E-state index in [9.17, 15) is 19.7 Å². The van der Waals surface area contributed by atoms with E-state index < -0.39 is 16.7 Å². The predicted molar refractivity (Wildman–Crippen MR) is 112 cm³/mol. The standard InChI is InChI=1S/C21H22N4O4/c22-21(27)16-8-9-19(24-11-2-1-3-12-24)18(14-16)23-20(26)10-7-15-5-4-6-17(13-15)25(28)29/h4-10,13-14H,1-3,11-12H2,(H2,22,27)(H,23,26). The first-order valence-corrected chi connectivity index (χ1v) is 9.36. The molecule has 0 atom stereocenters. The average molecular weight is 394 g/mol. The second kappa shape index (κ2) is 9.01. The average Bonchev–Trinajstić information content (AvgIpc) is 2.73. The molecule has 0 unspecified atom stereocenters. The van der Waals surface area contributed by atoms with Gasteiger partial charge in [0.25, 0.3) is 5.69 Å². The smallest absolute Gasteiger partial charge is 0.270 e. The van der Waals surface area contributed by atoms with Crippen LogP contribution in [0.15, 0.2) is 48.5 Å². The first-order chi connectivity index (χ1) is 13.9. The molecule has 1 saturated heterocycles. The number of non-ortho nitro benzene ring substituents is 1. The van der Waals surface area contributed by atoms with Crippen molar-refractivity contribution in [1.82, 2.24) is 0 Å². The number of rotatable bonds is 6. The molecule has 1 heterocycles. The summed E-state index contributed by atoms with van der Waals surface area (Å²) in [5, 5.41) is 13.7. The molecule has 150 valence electrons. The zero-order valence-corrected chi connectivity index (χ0v) is 15.8. The van der Waals surface area contributed by atoms with Crippen LogP contribution in [0, 0.1) is 10.1 Å². The van der Waals surface area contributed by atoms with Crippen LogP contribution >= 0.6 is 0 Å². The van der Waals surface area contributed by atoms with Gasteiger partial charge in [0, 0.05) is 36.9 Å². The maximum absolute atomic E-state index is 12.5. The molecule has 3 N–H and O–H groups in total. The van der Waals surface area contributed by atoms with E-state index in [0.29, 0.717) is 16.8 Å². The summed E-state index contributed by atoms with van der Waals surface area (Å²) in [5.74, 6) is -0.978. The fourth-order valence-electron chi connectivity index (χ4n) is 3.29. The third kappa shape index (κ3) is 5.19. The lowest BCUT2D eigenvalue weighted by atomic mass is 10.1. The number of nitrogens with two attached hydrogens (primary N) is 1. The number of hydrogen-bond donors (Lipinski definition) is 2. The summed E-state index contributed by atoms with van der Waals surface area (Å²) >= 11 is 0. The maximum Gasteiger partial charge on any atom is 0.270 e. The number of nitrogens with one attached hydrogen (secondary N) is 1. The minimum Gasteiger partial charge on any atom is -0.370 e. The molecule has 0 radical (unpaired) electrons. The normalized spacial score (nSPS) is 14.0. The van der Waals surface area contributed by atoms with Crippen LogP contribution in [0.4, 0.5) is 17.1 Å². The molecule has 1 fully saturated rings. The Morgan fingerprint density at radius 1 is 1.10 bits per heavy atom. The number of piperidine rings is 1. The van der Waals surface area contributed by atoms with Crippen LogP contribution in [-0.2, 0) is 4.79 Å². The van der Waals surface area contributed by atoms with Gasteiger partial charge in [0.15, 0.2) is 0 Å². The van der Waals surface area contributed by atoms with Gasteiger partial charge < -0.3 is 16.0 Å². The molecule has 2 aromatic rings. The second-order valence-corrected chi connectivity index (χ2v) is 6.82. The number of amides is 2. The Kier molecular flexibility index (Phi) is 6.23. The zero-order chi connectivity index (χ0) is 20.8. The molecule has 0 bridgehead atoms. The van der Waals surface area contributed by atoms with Gasteiger partial charge in [-0.25, -0.2) is 0 Å². The molecule has 0 aromatic heterocycles. The van der Waals surface area contributed by atoms with E-state index in [1.165, 1.54) is 30.7 Å². The molecular weight excluding hydrogens is 372 g/mol. The lowest BCUT2D eigenvalue weighted by Crippen LogP contribution is -2.30. The Labute approximate surface area is 168 Å². The van der Waals surface area contributed by atoms with Crippen molar-refractivity contribution in [2.24, 2.45) is 5.73 Å². The van der Waals surface area contributed by atoms with Gasteiger partial charge in [0.1, 0.15) is 0 Å². The molecule has 3 rings (SSSR count). The fraction of sp³-hybridized carbons (Fsp3) is 0.238. The van der Waals surface area contributed by atoms with Gasteiger partial charge in [0.2, 0.25) is 11.8 Å². The van der Waals surface area contributed by atoms with Gasteiger partial charge in [-0.2, -0.15) is 0 Å². The highest BCUT2D eigenvalue weighted by Crippen LogP contribution is 2.30. The van der Waals surface area contributed by atoms with Crippen molar-refractivity contribution >= 4 is 35.0 Å². The van der Waals surface area contributed by atoms with E-state index in [4.69, 9.17) is 5.73 Å². The zero-order valence-electron chi connectivity index (χ0n) is 15.8. The molecule has 0 saturated carbocycles. The molecule has 2 amide bonds. The minimum atomic E-state index is -0.571. The third-order valence-corrected chi connectivity index (χ3v) is 4.74. The van der Waals surface area contributed by atoms with E-state index in [-0.39, 0.29) is 5.69 Å². The summed E-state index contributed by atoms with van der Waals surface area (Å²) in [7, 11) is 0. The summed E-state index contributed by atoms with van der Waals surface area (Å²) in [6.45, 7) is 1.75. The van der Waals surface area contributed by atoms with E-state index in [2.05, 4.69) is 10.2 Å². The minimum absolute atomic E-state index is 0.0471. The van der Waals surface area contributed by atoms with Gasteiger partial charge in [-0.3, -0.25) is 19.7 Å². The third-order valence-electron chi connectivity index (χ3n) is 4.74. The lowest BCUT2D eigenvalue weighted by molar-refractivity contribution is -0.384.